The third-order valence-electron chi connectivity index (χ3n) is 5.90. The lowest BCUT2D eigenvalue weighted by Gasteiger charge is -2.32. The average Bonchev–Trinajstić information content (AvgIpc) is 3.02. The van der Waals surface area contributed by atoms with Crippen molar-refractivity contribution in [3.63, 3.8) is 0 Å². The van der Waals surface area contributed by atoms with Crippen molar-refractivity contribution >= 4 is 23.6 Å². The highest BCUT2D eigenvalue weighted by molar-refractivity contribution is 6.62. The molecule has 0 radical (unpaired) electrons. The zero-order valence-corrected chi connectivity index (χ0v) is 15.2. The van der Waals surface area contributed by atoms with Gasteiger partial charge in [0.25, 0.3) is 0 Å². The quantitative estimate of drug-likeness (QED) is 0.754. The van der Waals surface area contributed by atoms with Gasteiger partial charge in [-0.2, -0.15) is 0 Å². The van der Waals surface area contributed by atoms with Crippen LogP contribution < -0.4 is 5.46 Å². The Bertz CT molecular complexity index is 825. The Hall–Kier alpha value is -1.40. The highest BCUT2D eigenvalue weighted by Gasteiger charge is 2.52. The molecule has 0 spiro atoms. The minimum atomic E-state index is -0.565. The molecule has 24 heavy (non-hydrogen) atoms. The summed E-state index contributed by atoms with van der Waals surface area (Å²) in [7, 11) is -0.565. The fraction of sp³-hybridized carbons (Fsp3) is 0.611. The van der Waals surface area contributed by atoms with Crippen molar-refractivity contribution in [1.29, 1.82) is 0 Å². The predicted octanol–water partition coefficient (Wildman–Crippen LogP) is 3.16. The normalized spacial score (nSPS) is 23.9. The number of hydrogen-bond acceptors (Lipinski definition) is 3. The molecule has 0 amide bonds. The van der Waals surface area contributed by atoms with Crippen molar-refractivity contribution < 1.29 is 13.7 Å². The van der Waals surface area contributed by atoms with E-state index in [0.29, 0.717) is 11.0 Å². The second-order valence-electron chi connectivity index (χ2n) is 8.63. The van der Waals surface area contributed by atoms with Crippen LogP contribution in [-0.4, -0.2) is 27.9 Å². The molecule has 6 heteroatoms. The summed E-state index contributed by atoms with van der Waals surface area (Å²) in [6.07, 6.45) is 1.90. The van der Waals surface area contributed by atoms with E-state index in [9.17, 15) is 4.39 Å². The maximum atomic E-state index is 14.7. The van der Waals surface area contributed by atoms with Crippen LogP contribution in [-0.2, 0) is 21.3 Å². The summed E-state index contributed by atoms with van der Waals surface area (Å²) in [5, 5.41) is 0. The Morgan fingerprint density at radius 2 is 1.71 bits per heavy atom. The lowest BCUT2D eigenvalue weighted by atomic mass is 9.79. The van der Waals surface area contributed by atoms with Crippen LogP contribution in [0.2, 0.25) is 0 Å². The zero-order valence-electron chi connectivity index (χ0n) is 15.2. The molecule has 0 aliphatic carbocycles. The second-order valence-corrected chi connectivity index (χ2v) is 8.63. The minimum Gasteiger partial charge on any atom is -0.399 e. The van der Waals surface area contributed by atoms with Crippen LogP contribution in [0.5, 0.6) is 0 Å². The van der Waals surface area contributed by atoms with Crippen molar-refractivity contribution in [3.8, 4) is 0 Å². The molecule has 1 aromatic carbocycles. The number of aryl methyl sites for hydroxylation is 1. The molecule has 1 fully saturated rings. The van der Waals surface area contributed by atoms with Gasteiger partial charge in [-0.05, 0) is 65.6 Å². The van der Waals surface area contributed by atoms with Crippen molar-refractivity contribution in [2.45, 2.75) is 71.1 Å². The molecular formula is C18H24BFN2O2. The molecule has 1 aromatic heterocycles. The number of aromatic nitrogens is 2. The van der Waals surface area contributed by atoms with Gasteiger partial charge in [-0.15, -0.1) is 0 Å². The largest absolute Gasteiger partial charge is 0.495 e. The summed E-state index contributed by atoms with van der Waals surface area (Å²) in [5.74, 6) is 0.648. The molecule has 2 aliphatic rings. The third kappa shape index (κ3) is 2.09. The number of rotatable bonds is 1. The van der Waals surface area contributed by atoms with Crippen LogP contribution in [0.15, 0.2) is 12.1 Å². The molecule has 0 bridgehead atoms. The Morgan fingerprint density at radius 1 is 1.08 bits per heavy atom. The summed E-state index contributed by atoms with van der Waals surface area (Å²) >= 11 is 0. The molecular weight excluding hydrogens is 306 g/mol. The minimum absolute atomic E-state index is 0.0505. The van der Waals surface area contributed by atoms with Gasteiger partial charge in [0.15, 0.2) is 5.82 Å². The average molecular weight is 330 g/mol. The van der Waals surface area contributed by atoms with Gasteiger partial charge in [0.05, 0.1) is 16.7 Å². The van der Waals surface area contributed by atoms with E-state index in [2.05, 4.69) is 23.4 Å². The van der Waals surface area contributed by atoms with E-state index in [4.69, 9.17) is 9.31 Å². The SMILES string of the molecule is CC1(C)CCc2nc3c(F)cc(B4OC(C)(C)C(C)(C)O4)cc3n21. The Morgan fingerprint density at radius 3 is 2.33 bits per heavy atom. The molecule has 2 aliphatic heterocycles. The first-order valence-corrected chi connectivity index (χ1v) is 8.59. The van der Waals surface area contributed by atoms with Crippen LogP contribution in [0.1, 0.15) is 53.8 Å². The first-order valence-electron chi connectivity index (χ1n) is 8.59. The number of nitrogens with zero attached hydrogens (tertiary/aromatic N) is 2. The van der Waals surface area contributed by atoms with E-state index in [-0.39, 0.29) is 11.4 Å². The third-order valence-corrected chi connectivity index (χ3v) is 5.90. The molecule has 4 rings (SSSR count). The van der Waals surface area contributed by atoms with Gasteiger partial charge in [0, 0.05) is 12.0 Å². The number of hydrogen-bond donors (Lipinski definition) is 0. The smallest absolute Gasteiger partial charge is 0.399 e. The van der Waals surface area contributed by atoms with E-state index in [1.54, 1.807) is 0 Å². The maximum Gasteiger partial charge on any atom is 0.495 e. The molecule has 4 nitrogen and oxygen atoms in total. The molecule has 0 unspecified atom stereocenters. The number of benzene rings is 1. The van der Waals surface area contributed by atoms with Crippen molar-refractivity contribution in [1.82, 2.24) is 9.55 Å². The van der Waals surface area contributed by atoms with E-state index in [1.807, 2.05) is 33.8 Å². The van der Waals surface area contributed by atoms with E-state index in [0.717, 1.165) is 24.2 Å². The van der Waals surface area contributed by atoms with Gasteiger partial charge in [-0.25, -0.2) is 9.37 Å². The van der Waals surface area contributed by atoms with Gasteiger partial charge in [-0.3, -0.25) is 0 Å². The first-order chi connectivity index (χ1) is 11.0. The summed E-state index contributed by atoms with van der Waals surface area (Å²) in [6.45, 7) is 12.3. The summed E-state index contributed by atoms with van der Waals surface area (Å²) in [5.41, 5.74) is 1.05. The molecule has 1 saturated heterocycles. The standard InChI is InChI=1S/C18H24BFN2O2/c1-16(2)8-7-14-21-15-12(20)9-11(10-13(15)22(14)16)19-23-17(3,4)18(5,6)24-19/h9-10H,7-8H2,1-6H3. The van der Waals surface area contributed by atoms with E-state index >= 15 is 0 Å². The highest BCUT2D eigenvalue weighted by Crippen LogP contribution is 2.38. The number of fused-ring (bicyclic) bond motifs is 3. The molecule has 128 valence electrons. The van der Waals surface area contributed by atoms with E-state index in [1.165, 1.54) is 6.07 Å². The van der Waals surface area contributed by atoms with Crippen LogP contribution in [0.4, 0.5) is 4.39 Å². The fourth-order valence-corrected chi connectivity index (χ4v) is 3.69. The summed E-state index contributed by atoms with van der Waals surface area (Å²) < 4.78 is 29.0. The van der Waals surface area contributed by atoms with Crippen molar-refractivity contribution in [3.05, 3.63) is 23.8 Å². The lowest BCUT2D eigenvalue weighted by molar-refractivity contribution is 0.00578. The molecule has 2 aromatic rings. The Kier molecular flexibility index (Phi) is 3.09. The fourth-order valence-electron chi connectivity index (χ4n) is 3.69. The Labute approximate surface area is 142 Å². The Balaban J connectivity index is 1.85. The summed E-state index contributed by atoms with van der Waals surface area (Å²) in [6, 6.07) is 3.48. The second kappa shape index (κ2) is 4.61. The molecule has 0 N–H and O–H groups in total. The van der Waals surface area contributed by atoms with E-state index < -0.39 is 18.3 Å². The first kappa shape index (κ1) is 16.1. The number of halogens is 1. The van der Waals surface area contributed by atoms with Crippen LogP contribution in [0, 0.1) is 5.82 Å². The summed E-state index contributed by atoms with van der Waals surface area (Å²) in [4.78, 5) is 4.52. The predicted molar refractivity (Wildman–Crippen MR) is 93.1 cm³/mol. The van der Waals surface area contributed by atoms with Gasteiger partial charge in [-0.1, -0.05) is 0 Å². The molecule has 0 atom stereocenters. The van der Waals surface area contributed by atoms with Crippen LogP contribution in [0.3, 0.4) is 0 Å². The molecule has 0 saturated carbocycles. The molecule has 3 heterocycles. The lowest BCUT2D eigenvalue weighted by Crippen LogP contribution is -2.41. The van der Waals surface area contributed by atoms with Crippen LogP contribution in [0.25, 0.3) is 11.0 Å². The highest BCUT2D eigenvalue weighted by atomic mass is 19.1. The number of imidazole rings is 1. The van der Waals surface area contributed by atoms with Gasteiger partial charge < -0.3 is 13.9 Å². The topological polar surface area (TPSA) is 36.3 Å². The van der Waals surface area contributed by atoms with Crippen molar-refractivity contribution in [2.75, 3.05) is 0 Å². The van der Waals surface area contributed by atoms with Gasteiger partial charge in [0.2, 0.25) is 0 Å². The maximum absolute atomic E-state index is 14.7. The van der Waals surface area contributed by atoms with Gasteiger partial charge in [0.1, 0.15) is 11.3 Å². The van der Waals surface area contributed by atoms with Gasteiger partial charge >= 0.3 is 7.12 Å². The van der Waals surface area contributed by atoms with Crippen molar-refractivity contribution in [2.24, 2.45) is 0 Å². The van der Waals surface area contributed by atoms with Crippen LogP contribution >= 0.6 is 0 Å². The monoisotopic (exact) mass is 330 g/mol. The zero-order chi connectivity index (χ0) is 17.5.